The lowest BCUT2D eigenvalue weighted by atomic mass is 10.1. The minimum atomic E-state index is -0.943. The smallest absolute Gasteiger partial charge is 0.325 e. The molecule has 0 amide bonds. The molecule has 0 aromatic heterocycles. The Bertz CT molecular complexity index is 311. The van der Waals surface area contributed by atoms with Crippen molar-refractivity contribution in [2.24, 2.45) is 0 Å². The molecule has 15 heavy (non-hydrogen) atoms. The summed E-state index contributed by atoms with van der Waals surface area (Å²) in [5.74, 6) is -0.943. The van der Waals surface area contributed by atoms with Gasteiger partial charge in [-0.05, 0) is 12.5 Å². The second-order valence-corrected chi connectivity index (χ2v) is 3.44. The van der Waals surface area contributed by atoms with E-state index < -0.39 is 18.1 Å². The number of hydrogen-bond donors (Lipinski definition) is 3. The number of benzene rings is 1. The molecule has 0 heterocycles. The molecular formula is C11H15NO3. The van der Waals surface area contributed by atoms with E-state index in [1.165, 1.54) is 0 Å². The van der Waals surface area contributed by atoms with Crippen molar-refractivity contribution in [3.8, 4) is 0 Å². The van der Waals surface area contributed by atoms with Gasteiger partial charge in [0.15, 0.2) is 0 Å². The predicted octanol–water partition coefficient (Wildman–Crippen LogP) is 0.783. The van der Waals surface area contributed by atoms with Crippen molar-refractivity contribution < 1.29 is 15.0 Å². The van der Waals surface area contributed by atoms with E-state index in [2.05, 4.69) is 5.32 Å². The van der Waals surface area contributed by atoms with Crippen LogP contribution in [-0.4, -0.2) is 28.8 Å². The molecule has 1 aromatic carbocycles. The molecule has 4 nitrogen and oxygen atoms in total. The summed E-state index contributed by atoms with van der Waals surface area (Å²) in [6.07, 6.45) is -0.560. The molecule has 0 bridgehead atoms. The summed E-state index contributed by atoms with van der Waals surface area (Å²) in [5, 5.41) is 20.9. The molecule has 1 aromatic rings. The average molecular weight is 209 g/mol. The van der Waals surface area contributed by atoms with Crippen molar-refractivity contribution >= 4 is 5.97 Å². The van der Waals surface area contributed by atoms with Gasteiger partial charge >= 0.3 is 5.97 Å². The normalized spacial score (nSPS) is 14.5. The molecule has 0 saturated heterocycles. The molecular weight excluding hydrogens is 194 g/mol. The zero-order valence-corrected chi connectivity index (χ0v) is 8.55. The van der Waals surface area contributed by atoms with Gasteiger partial charge in [0.25, 0.3) is 0 Å². The van der Waals surface area contributed by atoms with Gasteiger partial charge < -0.3 is 10.2 Å². The summed E-state index contributed by atoms with van der Waals surface area (Å²) in [5.41, 5.74) is 0.686. The highest BCUT2D eigenvalue weighted by molar-refractivity contribution is 5.75. The van der Waals surface area contributed by atoms with Gasteiger partial charge in [0, 0.05) is 6.54 Å². The molecule has 0 radical (unpaired) electrons. The van der Waals surface area contributed by atoms with E-state index in [1.54, 1.807) is 31.2 Å². The minimum Gasteiger partial charge on any atom is -0.480 e. The van der Waals surface area contributed by atoms with Gasteiger partial charge in [-0.25, -0.2) is 0 Å². The van der Waals surface area contributed by atoms with Crippen LogP contribution in [0.3, 0.4) is 0 Å². The lowest BCUT2D eigenvalue weighted by Crippen LogP contribution is -2.33. The molecule has 0 fully saturated rings. The van der Waals surface area contributed by atoms with Crippen molar-refractivity contribution in [2.75, 3.05) is 6.54 Å². The summed E-state index contributed by atoms with van der Waals surface area (Å²) >= 11 is 0. The second-order valence-electron chi connectivity index (χ2n) is 3.44. The molecule has 1 unspecified atom stereocenters. The average Bonchev–Trinajstić information content (AvgIpc) is 2.18. The van der Waals surface area contributed by atoms with E-state index in [9.17, 15) is 4.79 Å². The van der Waals surface area contributed by atoms with Crippen LogP contribution in [0.5, 0.6) is 0 Å². The number of hydrogen-bond acceptors (Lipinski definition) is 3. The summed E-state index contributed by atoms with van der Waals surface area (Å²) in [7, 11) is 0. The first kappa shape index (κ1) is 11.7. The predicted molar refractivity (Wildman–Crippen MR) is 56.5 cm³/mol. The number of rotatable bonds is 5. The monoisotopic (exact) mass is 209 g/mol. The molecule has 4 heteroatoms. The number of carboxylic acid groups (broad SMARTS) is 1. The fraction of sp³-hybridized carbons (Fsp3) is 0.364. The maximum Gasteiger partial charge on any atom is 0.325 e. The van der Waals surface area contributed by atoms with Crippen LogP contribution in [-0.2, 0) is 4.79 Å². The lowest BCUT2D eigenvalue weighted by molar-refractivity contribution is -0.139. The van der Waals surface area contributed by atoms with Crippen molar-refractivity contribution in [1.82, 2.24) is 5.32 Å². The Kier molecular flexibility index (Phi) is 4.27. The Labute approximate surface area is 88.6 Å². The van der Waals surface area contributed by atoms with Gasteiger partial charge in [0.05, 0.1) is 6.10 Å². The number of aliphatic hydroxyl groups is 1. The van der Waals surface area contributed by atoms with Crippen LogP contribution in [0.4, 0.5) is 0 Å². The fourth-order valence-corrected chi connectivity index (χ4v) is 1.28. The Morgan fingerprint density at radius 2 is 2.00 bits per heavy atom. The summed E-state index contributed by atoms with van der Waals surface area (Å²) in [6, 6.07) is 8.13. The molecule has 0 aliphatic rings. The Balaban J connectivity index is 2.71. The highest BCUT2D eigenvalue weighted by atomic mass is 16.4. The maximum absolute atomic E-state index is 11.0. The van der Waals surface area contributed by atoms with Crippen molar-refractivity contribution in [3.05, 3.63) is 35.9 Å². The van der Waals surface area contributed by atoms with E-state index >= 15 is 0 Å². The molecule has 0 aliphatic heterocycles. The first-order valence-corrected chi connectivity index (χ1v) is 4.80. The first-order valence-electron chi connectivity index (χ1n) is 4.80. The van der Waals surface area contributed by atoms with Crippen molar-refractivity contribution in [1.29, 1.82) is 0 Å². The molecule has 1 rings (SSSR count). The third-order valence-electron chi connectivity index (χ3n) is 2.00. The summed E-state index contributed by atoms with van der Waals surface area (Å²) < 4.78 is 0. The van der Waals surface area contributed by atoms with Gasteiger partial charge in [-0.2, -0.15) is 0 Å². The lowest BCUT2D eigenvalue weighted by Gasteiger charge is -2.15. The van der Waals surface area contributed by atoms with Crippen molar-refractivity contribution in [2.45, 2.75) is 19.1 Å². The van der Waals surface area contributed by atoms with E-state index in [1.807, 2.05) is 6.07 Å². The molecule has 0 saturated carbocycles. The van der Waals surface area contributed by atoms with Crippen LogP contribution in [0.15, 0.2) is 30.3 Å². The van der Waals surface area contributed by atoms with Gasteiger partial charge in [-0.1, -0.05) is 30.3 Å². The maximum atomic E-state index is 11.0. The fourth-order valence-electron chi connectivity index (χ4n) is 1.28. The first-order chi connectivity index (χ1) is 7.11. The zero-order chi connectivity index (χ0) is 11.3. The quantitative estimate of drug-likeness (QED) is 0.670. The number of aliphatic carboxylic acids is 1. The second kappa shape index (κ2) is 5.48. The van der Waals surface area contributed by atoms with Gasteiger partial charge in [0.1, 0.15) is 6.04 Å². The molecule has 0 aliphatic carbocycles. The minimum absolute atomic E-state index is 0.256. The number of carboxylic acids is 1. The van der Waals surface area contributed by atoms with E-state index in [4.69, 9.17) is 10.2 Å². The zero-order valence-electron chi connectivity index (χ0n) is 8.55. The van der Waals surface area contributed by atoms with Crippen LogP contribution < -0.4 is 5.32 Å². The van der Waals surface area contributed by atoms with Crippen LogP contribution in [0.2, 0.25) is 0 Å². The van der Waals surface area contributed by atoms with Crippen molar-refractivity contribution in [3.63, 3.8) is 0 Å². The Morgan fingerprint density at radius 3 is 2.47 bits per heavy atom. The molecule has 0 spiro atoms. The summed E-state index contributed by atoms with van der Waals surface area (Å²) in [6.45, 7) is 1.86. The van der Waals surface area contributed by atoms with Gasteiger partial charge in [-0.3, -0.25) is 10.1 Å². The number of aliphatic hydroxyl groups excluding tert-OH is 1. The standard InChI is InChI=1S/C11H15NO3/c1-8(13)7-12-10(11(14)15)9-5-3-2-4-6-9/h2-6,8,10,12-13H,7H2,1H3,(H,14,15)/t8-,10?/m1/s1. The third-order valence-corrected chi connectivity index (χ3v) is 2.00. The third kappa shape index (κ3) is 3.69. The molecule has 2 atom stereocenters. The molecule has 3 N–H and O–H groups in total. The summed E-state index contributed by atoms with van der Waals surface area (Å²) in [4.78, 5) is 11.0. The van der Waals surface area contributed by atoms with E-state index in [0.717, 1.165) is 0 Å². The van der Waals surface area contributed by atoms with Crippen LogP contribution in [0, 0.1) is 0 Å². The largest absolute Gasteiger partial charge is 0.480 e. The van der Waals surface area contributed by atoms with Gasteiger partial charge in [-0.15, -0.1) is 0 Å². The van der Waals surface area contributed by atoms with Crippen LogP contribution >= 0.6 is 0 Å². The molecule has 82 valence electrons. The van der Waals surface area contributed by atoms with E-state index in [-0.39, 0.29) is 6.54 Å². The van der Waals surface area contributed by atoms with Crippen LogP contribution in [0.25, 0.3) is 0 Å². The number of nitrogens with one attached hydrogen (secondary N) is 1. The Morgan fingerprint density at radius 1 is 1.40 bits per heavy atom. The Hall–Kier alpha value is -1.39. The highest BCUT2D eigenvalue weighted by Crippen LogP contribution is 2.12. The van der Waals surface area contributed by atoms with Crippen LogP contribution in [0.1, 0.15) is 18.5 Å². The topological polar surface area (TPSA) is 69.6 Å². The number of carbonyl (C=O) groups is 1. The van der Waals surface area contributed by atoms with Gasteiger partial charge in [0.2, 0.25) is 0 Å². The highest BCUT2D eigenvalue weighted by Gasteiger charge is 2.18. The SMILES string of the molecule is C[C@@H](O)CNC(C(=O)O)c1ccccc1. The van der Waals surface area contributed by atoms with E-state index in [0.29, 0.717) is 5.56 Å².